The van der Waals surface area contributed by atoms with Crippen LogP contribution in [0.5, 0.6) is 0 Å². The van der Waals surface area contributed by atoms with Crippen molar-refractivity contribution < 1.29 is 19.1 Å². The lowest BCUT2D eigenvalue weighted by atomic mass is 10.0. The lowest BCUT2D eigenvalue weighted by molar-refractivity contribution is -0.142. The average molecular weight is 412 g/mol. The van der Waals surface area contributed by atoms with E-state index in [1.165, 1.54) is 96.0 Å². The third kappa shape index (κ3) is 22.6. The van der Waals surface area contributed by atoms with Gasteiger partial charge in [-0.2, -0.15) is 0 Å². The predicted octanol–water partition coefficient (Wildman–Crippen LogP) is 6.70. The lowest BCUT2D eigenvalue weighted by Crippen LogP contribution is -2.31. The first kappa shape index (κ1) is 27.5. The van der Waals surface area contributed by atoms with Gasteiger partial charge in [0.2, 0.25) is 0 Å². The van der Waals surface area contributed by atoms with Crippen LogP contribution in [0.25, 0.3) is 0 Å². The summed E-state index contributed by atoms with van der Waals surface area (Å²) in [6.45, 7) is 6.09. The van der Waals surface area contributed by atoms with Crippen molar-refractivity contribution in [1.29, 1.82) is 0 Å². The maximum atomic E-state index is 11.5. The van der Waals surface area contributed by atoms with E-state index in [0.717, 1.165) is 12.8 Å². The van der Waals surface area contributed by atoms with Crippen molar-refractivity contribution in [3.63, 3.8) is 0 Å². The molecular weight excluding hydrogens is 366 g/mol. The molecular formula is C24H45NO4. The molecule has 170 valence electrons. The van der Waals surface area contributed by atoms with E-state index in [4.69, 9.17) is 9.47 Å². The third-order valence-corrected chi connectivity index (χ3v) is 4.97. The van der Waals surface area contributed by atoms with Crippen LogP contribution in [0.3, 0.4) is 0 Å². The molecule has 0 aliphatic carbocycles. The Bertz CT molecular complexity index is 398. The van der Waals surface area contributed by atoms with Gasteiger partial charge in [0.1, 0.15) is 13.2 Å². The van der Waals surface area contributed by atoms with Crippen LogP contribution in [0, 0.1) is 0 Å². The van der Waals surface area contributed by atoms with Gasteiger partial charge < -0.3 is 14.8 Å². The molecule has 0 heterocycles. The fourth-order valence-electron chi connectivity index (χ4n) is 3.22. The molecule has 5 nitrogen and oxygen atoms in total. The topological polar surface area (TPSA) is 64.6 Å². The van der Waals surface area contributed by atoms with E-state index in [0.29, 0.717) is 6.61 Å². The number of unbranched alkanes of at least 4 members (excludes halogenated alkanes) is 15. The predicted molar refractivity (Wildman–Crippen MR) is 120 cm³/mol. The fraction of sp³-hybridized carbons (Fsp3) is 0.833. The van der Waals surface area contributed by atoms with Gasteiger partial charge in [-0.3, -0.25) is 4.79 Å². The Morgan fingerprint density at radius 1 is 0.724 bits per heavy atom. The molecule has 0 aliphatic heterocycles. The molecule has 0 aromatic rings. The second-order valence-electron chi connectivity index (χ2n) is 7.76. The van der Waals surface area contributed by atoms with Gasteiger partial charge in [0.25, 0.3) is 0 Å². The molecule has 1 amide bonds. The molecule has 5 heteroatoms. The summed E-state index contributed by atoms with van der Waals surface area (Å²) >= 11 is 0. The van der Waals surface area contributed by atoms with Crippen molar-refractivity contribution in [2.24, 2.45) is 0 Å². The summed E-state index contributed by atoms with van der Waals surface area (Å²) in [6.07, 6.45) is 21.9. The number of hydrogen-bond donors (Lipinski definition) is 1. The summed E-state index contributed by atoms with van der Waals surface area (Å²) in [7, 11) is 0. The molecule has 0 radical (unpaired) electrons. The molecule has 0 saturated carbocycles. The quantitative estimate of drug-likeness (QED) is 0.130. The molecule has 0 fully saturated rings. The first-order valence-electron chi connectivity index (χ1n) is 11.9. The molecule has 0 aromatic carbocycles. The summed E-state index contributed by atoms with van der Waals surface area (Å²) in [6, 6.07) is 0. The number of amides is 1. The smallest absolute Gasteiger partial charge is 0.407 e. The largest absolute Gasteiger partial charge is 0.464 e. The Labute approximate surface area is 179 Å². The third-order valence-electron chi connectivity index (χ3n) is 4.97. The number of carbonyl (C=O) groups is 2. The molecule has 0 rings (SSSR count). The maximum Gasteiger partial charge on any atom is 0.407 e. The molecule has 0 unspecified atom stereocenters. The summed E-state index contributed by atoms with van der Waals surface area (Å²) in [5.41, 5.74) is 0. The van der Waals surface area contributed by atoms with Crippen molar-refractivity contribution in [2.75, 3.05) is 19.8 Å². The van der Waals surface area contributed by atoms with Gasteiger partial charge in [-0.1, -0.05) is 116 Å². The highest BCUT2D eigenvalue weighted by Crippen LogP contribution is 2.13. The number of rotatable bonds is 21. The van der Waals surface area contributed by atoms with Crippen molar-refractivity contribution >= 4 is 12.1 Å². The minimum absolute atomic E-state index is 0.125. The highest BCUT2D eigenvalue weighted by molar-refractivity contribution is 5.77. The van der Waals surface area contributed by atoms with E-state index in [-0.39, 0.29) is 13.2 Å². The Kier molecular flexibility index (Phi) is 21.6. The van der Waals surface area contributed by atoms with E-state index in [1.54, 1.807) is 0 Å². The van der Waals surface area contributed by atoms with E-state index in [9.17, 15) is 9.59 Å². The van der Waals surface area contributed by atoms with Gasteiger partial charge in [-0.05, 0) is 6.42 Å². The normalized spacial score (nSPS) is 10.5. The molecule has 1 N–H and O–H groups in total. The van der Waals surface area contributed by atoms with E-state index in [2.05, 4.69) is 18.8 Å². The van der Waals surface area contributed by atoms with Crippen molar-refractivity contribution in [3.05, 3.63) is 12.7 Å². The van der Waals surface area contributed by atoms with Gasteiger partial charge in [-0.25, -0.2) is 4.79 Å². The fourth-order valence-corrected chi connectivity index (χ4v) is 3.22. The zero-order valence-corrected chi connectivity index (χ0v) is 18.9. The van der Waals surface area contributed by atoms with Crippen LogP contribution in [-0.2, 0) is 14.3 Å². The van der Waals surface area contributed by atoms with Crippen molar-refractivity contribution in [3.8, 4) is 0 Å². The van der Waals surface area contributed by atoms with Gasteiger partial charge in [0.15, 0.2) is 0 Å². The van der Waals surface area contributed by atoms with Crippen LogP contribution in [-0.4, -0.2) is 31.8 Å². The van der Waals surface area contributed by atoms with Gasteiger partial charge in [-0.15, -0.1) is 0 Å². The number of ether oxygens (including phenoxy) is 2. The average Bonchev–Trinajstić information content (AvgIpc) is 2.72. The van der Waals surface area contributed by atoms with Crippen LogP contribution in [0.1, 0.15) is 110 Å². The van der Waals surface area contributed by atoms with E-state index >= 15 is 0 Å². The highest BCUT2D eigenvalue weighted by Gasteiger charge is 2.06. The van der Waals surface area contributed by atoms with Crippen LogP contribution >= 0.6 is 0 Å². The summed E-state index contributed by atoms with van der Waals surface area (Å²) in [5.74, 6) is -0.429. The Morgan fingerprint density at radius 2 is 1.17 bits per heavy atom. The van der Waals surface area contributed by atoms with E-state index < -0.39 is 12.1 Å². The molecule has 0 aromatic heterocycles. The van der Waals surface area contributed by atoms with Crippen LogP contribution in [0.4, 0.5) is 4.79 Å². The summed E-state index contributed by atoms with van der Waals surface area (Å²) in [5, 5.41) is 2.34. The van der Waals surface area contributed by atoms with E-state index in [1.807, 2.05) is 0 Å². The Morgan fingerprint density at radius 3 is 1.62 bits per heavy atom. The number of carbonyl (C=O) groups excluding carboxylic acids is 2. The minimum Gasteiger partial charge on any atom is -0.464 e. The molecule has 0 aliphatic rings. The van der Waals surface area contributed by atoms with Gasteiger partial charge in [0.05, 0.1) is 6.61 Å². The number of esters is 1. The summed E-state index contributed by atoms with van der Waals surface area (Å²) < 4.78 is 9.79. The Hall–Kier alpha value is -1.52. The molecule has 0 bridgehead atoms. The first-order valence-corrected chi connectivity index (χ1v) is 11.9. The van der Waals surface area contributed by atoms with Crippen molar-refractivity contribution in [2.45, 2.75) is 110 Å². The van der Waals surface area contributed by atoms with Gasteiger partial charge in [0, 0.05) is 0 Å². The second kappa shape index (κ2) is 22.8. The zero-order valence-electron chi connectivity index (χ0n) is 18.9. The lowest BCUT2D eigenvalue weighted by Gasteiger charge is -2.06. The zero-order chi connectivity index (χ0) is 21.4. The summed E-state index contributed by atoms with van der Waals surface area (Å²) in [4.78, 5) is 22.6. The van der Waals surface area contributed by atoms with Crippen LogP contribution in [0.2, 0.25) is 0 Å². The standard InChI is InChI=1S/C24H45NO4/c1-3-5-6-7-8-9-10-11-12-13-14-15-16-17-18-19-21-28-23(26)22-25-24(27)29-20-4-2/h4H,2-3,5-22H2,1H3,(H,25,27). The Balaban J connectivity index is 3.19. The second-order valence-corrected chi connectivity index (χ2v) is 7.76. The first-order chi connectivity index (χ1) is 14.2. The molecule has 0 spiro atoms. The number of hydrogen-bond acceptors (Lipinski definition) is 4. The van der Waals surface area contributed by atoms with Crippen LogP contribution < -0.4 is 5.32 Å². The molecule has 0 atom stereocenters. The van der Waals surface area contributed by atoms with Gasteiger partial charge >= 0.3 is 12.1 Å². The van der Waals surface area contributed by atoms with Crippen molar-refractivity contribution in [1.82, 2.24) is 5.32 Å². The monoisotopic (exact) mass is 411 g/mol. The molecule has 29 heavy (non-hydrogen) atoms. The number of alkyl carbamates (subject to hydrolysis) is 1. The van der Waals surface area contributed by atoms with Crippen LogP contribution in [0.15, 0.2) is 12.7 Å². The highest BCUT2D eigenvalue weighted by atomic mass is 16.6. The number of nitrogens with one attached hydrogen (secondary N) is 1. The SMILES string of the molecule is C=CCOC(=O)NCC(=O)OCCCCCCCCCCCCCCCCCC. The maximum absolute atomic E-state index is 11.5. The minimum atomic E-state index is -0.635. The molecule has 0 saturated heterocycles.